The monoisotopic (exact) mass is 439 g/mol. The van der Waals surface area contributed by atoms with Gasteiger partial charge in [0, 0.05) is 34.9 Å². The van der Waals surface area contributed by atoms with Gasteiger partial charge in [-0.15, -0.1) is 11.8 Å². The van der Waals surface area contributed by atoms with Crippen LogP contribution in [0.3, 0.4) is 0 Å². The second-order valence-electron chi connectivity index (χ2n) is 8.05. The Hall–Kier alpha value is -2.67. The highest BCUT2D eigenvalue weighted by Gasteiger charge is 2.39. The van der Waals surface area contributed by atoms with Gasteiger partial charge in [0.2, 0.25) is 11.8 Å². The summed E-state index contributed by atoms with van der Waals surface area (Å²) >= 11 is 1.62. The highest BCUT2D eigenvalue weighted by Crippen LogP contribution is 2.30. The minimum atomic E-state index is -0.592. The lowest BCUT2D eigenvalue weighted by Crippen LogP contribution is -2.62. The van der Waals surface area contributed by atoms with Crippen molar-refractivity contribution in [1.29, 1.82) is 0 Å². The molecule has 7 heteroatoms. The topological polar surface area (TPSA) is 61.9 Å². The van der Waals surface area contributed by atoms with Gasteiger partial charge in [-0.1, -0.05) is 25.0 Å². The first-order chi connectivity index (χ1) is 15.1. The second-order valence-corrected chi connectivity index (χ2v) is 8.93. The van der Waals surface area contributed by atoms with Gasteiger partial charge in [-0.3, -0.25) is 14.5 Å². The van der Waals surface area contributed by atoms with Crippen molar-refractivity contribution < 1.29 is 14.3 Å². The molecule has 2 amide bonds. The summed E-state index contributed by atoms with van der Waals surface area (Å²) < 4.78 is 5.35. The summed E-state index contributed by atoms with van der Waals surface area (Å²) in [5, 5.41) is 3.20. The molecule has 2 aromatic rings. The first-order valence-corrected chi connectivity index (χ1v) is 12.0. The van der Waals surface area contributed by atoms with Gasteiger partial charge in [0.15, 0.2) is 0 Å². The van der Waals surface area contributed by atoms with Crippen molar-refractivity contribution in [3.63, 3.8) is 0 Å². The number of anilines is 2. The predicted molar refractivity (Wildman–Crippen MR) is 125 cm³/mol. The standard InChI is InChI=1S/C24H29N3O3S/c1-30-20-11-5-9-18(13-20)26-15-22(24(29)25-17-7-3-4-8-17)27(23(28)16-26)19-10-6-12-21(14-19)31-2/h5-6,9-14,17,22H,3-4,7-8,15-16H2,1-2H3,(H,25,29). The number of amides is 2. The number of carbonyl (C=O) groups excluding carboxylic acids is 2. The maximum atomic E-state index is 13.4. The number of thioether (sulfide) groups is 1. The molecule has 0 spiro atoms. The quantitative estimate of drug-likeness (QED) is 0.696. The highest BCUT2D eigenvalue weighted by molar-refractivity contribution is 7.98. The van der Waals surface area contributed by atoms with Crippen molar-refractivity contribution in [1.82, 2.24) is 5.32 Å². The largest absolute Gasteiger partial charge is 0.497 e. The number of rotatable bonds is 6. The van der Waals surface area contributed by atoms with Crippen LogP contribution in [0.5, 0.6) is 5.75 Å². The fraction of sp³-hybridized carbons (Fsp3) is 0.417. The lowest BCUT2D eigenvalue weighted by molar-refractivity contribution is -0.127. The lowest BCUT2D eigenvalue weighted by Gasteiger charge is -2.41. The number of hydrogen-bond acceptors (Lipinski definition) is 5. The van der Waals surface area contributed by atoms with E-state index in [1.54, 1.807) is 23.8 Å². The molecule has 1 saturated heterocycles. The first-order valence-electron chi connectivity index (χ1n) is 10.7. The third kappa shape index (κ3) is 4.82. The zero-order chi connectivity index (χ0) is 21.8. The Morgan fingerprint density at radius 1 is 1.10 bits per heavy atom. The van der Waals surface area contributed by atoms with Crippen LogP contribution in [0.25, 0.3) is 0 Å². The number of ether oxygens (including phenoxy) is 1. The molecule has 1 atom stereocenters. The molecule has 1 saturated carbocycles. The van der Waals surface area contributed by atoms with Gasteiger partial charge in [0.05, 0.1) is 13.7 Å². The number of nitrogens with one attached hydrogen (secondary N) is 1. The van der Waals surface area contributed by atoms with Crippen LogP contribution < -0.4 is 19.9 Å². The maximum absolute atomic E-state index is 13.4. The number of nitrogens with zero attached hydrogens (tertiary/aromatic N) is 2. The molecule has 6 nitrogen and oxygen atoms in total. The SMILES string of the molecule is COc1cccc(N2CC(=O)N(c3cccc(SC)c3)C(C(=O)NC3CCCC3)C2)c1. The lowest BCUT2D eigenvalue weighted by atomic mass is 10.1. The zero-order valence-electron chi connectivity index (χ0n) is 18.0. The number of hydrogen-bond donors (Lipinski definition) is 1. The number of piperazine rings is 1. The summed E-state index contributed by atoms with van der Waals surface area (Å²) in [6, 6.07) is 15.1. The van der Waals surface area contributed by atoms with E-state index in [-0.39, 0.29) is 24.4 Å². The molecule has 0 aromatic heterocycles. The van der Waals surface area contributed by atoms with Crippen molar-refractivity contribution in [2.45, 2.75) is 42.7 Å². The third-order valence-electron chi connectivity index (χ3n) is 6.05. The van der Waals surface area contributed by atoms with E-state index >= 15 is 0 Å². The molecular formula is C24H29N3O3S. The molecule has 2 fully saturated rings. The third-order valence-corrected chi connectivity index (χ3v) is 6.78. The molecule has 2 aromatic carbocycles. The summed E-state index contributed by atoms with van der Waals surface area (Å²) in [4.78, 5) is 31.4. The van der Waals surface area contributed by atoms with E-state index in [2.05, 4.69) is 5.32 Å². The van der Waals surface area contributed by atoms with Crippen molar-refractivity contribution >= 4 is 35.0 Å². The average Bonchev–Trinajstić information content (AvgIpc) is 3.31. The van der Waals surface area contributed by atoms with Crippen LogP contribution >= 0.6 is 11.8 Å². The summed E-state index contributed by atoms with van der Waals surface area (Å²) in [5.41, 5.74) is 1.65. The Morgan fingerprint density at radius 2 is 1.84 bits per heavy atom. The maximum Gasteiger partial charge on any atom is 0.247 e. The van der Waals surface area contributed by atoms with Crippen LogP contribution in [-0.2, 0) is 9.59 Å². The van der Waals surface area contributed by atoms with E-state index in [4.69, 9.17) is 4.74 Å². The molecule has 1 aliphatic carbocycles. The van der Waals surface area contributed by atoms with Crippen LogP contribution in [0.15, 0.2) is 53.4 Å². The minimum Gasteiger partial charge on any atom is -0.497 e. The Bertz CT molecular complexity index is 945. The molecular weight excluding hydrogens is 410 g/mol. The first kappa shape index (κ1) is 21.6. The second kappa shape index (κ2) is 9.64. The highest BCUT2D eigenvalue weighted by atomic mass is 32.2. The Morgan fingerprint density at radius 3 is 2.58 bits per heavy atom. The summed E-state index contributed by atoms with van der Waals surface area (Å²) in [5.74, 6) is 0.563. The zero-order valence-corrected chi connectivity index (χ0v) is 18.9. The average molecular weight is 440 g/mol. The van der Waals surface area contributed by atoms with Crippen LogP contribution in [0.2, 0.25) is 0 Å². The Kier molecular flexibility index (Phi) is 6.70. The molecule has 1 heterocycles. The normalized spacial score (nSPS) is 19.5. The van der Waals surface area contributed by atoms with Gasteiger partial charge < -0.3 is 15.0 Å². The Labute approximate surface area is 187 Å². The van der Waals surface area contributed by atoms with Crippen LogP contribution in [-0.4, -0.2) is 50.4 Å². The Balaban J connectivity index is 1.64. The molecule has 1 unspecified atom stereocenters. The molecule has 164 valence electrons. The van der Waals surface area contributed by atoms with E-state index in [0.717, 1.165) is 47.7 Å². The van der Waals surface area contributed by atoms with Crippen molar-refractivity contribution in [2.24, 2.45) is 0 Å². The molecule has 4 rings (SSSR count). The van der Waals surface area contributed by atoms with Gasteiger partial charge in [-0.25, -0.2) is 0 Å². The van der Waals surface area contributed by atoms with Crippen LogP contribution in [0.1, 0.15) is 25.7 Å². The fourth-order valence-electron chi connectivity index (χ4n) is 4.42. The van der Waals surface area contributed by atoms with Crippen molar-refractivity contribution in [3.05, 3.63) is 48.5 Å². The summed E-state index contributed by atoms with van der Waals surface area (Å²) in [7, 11) is 1.62. The smallest absolute Gasteiger partial charge is 0.247 e. The molecule has 2 aliphatic rings. The van der Waals surface area contributed by atoms with E-state index in [0.29, 0.717) is 6.54 Å². The molecule has 1 N–H and O–H groups in total. The van der Waals surface area contributed by atoms with Crippen molar-refractivity contribution in [2.75, 3.05) is 36.3 Å². The van der Waals surface area contributed by atoms with Crippen molar-refractivity contribution in [3.8, 4) is 5.75 Å². The summed E-state index contributed by atoms with van der Waals surface area (Å²) in [6.07, 6.45) is 6.31. The number of methoxy groups -OCH3 is 1. The molecule has 0 radical (unpaired) electrons. The van der Waals surface area contributed by atoms with Crippen LogP contribution in [0.4, 0.5) is 11.4 Å². The summed E-state index contributed by atoms with van der Waals surface area (Å²) in [6.45, 7) is 0.644. The van der Waals surface area contributed by atoms with E-state index < -0.39 is 6.04 Å². The van der Waals surface area contributed by atoms with Gasteiger partial charge >= 0.3 is 0 Å². The number of carbonyl (C=O) groups is 2. The van der Waals surface area contributed by atoms with Gasteiger partial charge in [0.25, 0.3) is 0 Å². The predicted octanol–water partition coefficient (Wildman–Crippen LogP) is 3.70. The molecule has 1 aliphatic heterocycles. The van der Waals surface area contributed by atoms with Gasteiger partial charge in [-0.2, -0.15) is 0 Å². The van der Waals surface area contributed by atoms with E-state index in [1.165, 1.54) is 0 Å². The van der Waals surface area contributed by atoms with Gasteiger partial charge in [0.1, 0.15) is 11.8 Å². The van der Waals surface area contributed by atoms with Gasteiger partial charge in [-0.05, 0) is 49.4 Å². The molecule has 0 bridgehead atoms. The van der Waals surface area contributed by atoms with E-state index in [9.17, 15) is 9.59 Å². The van der Waals surface area contributed by atoms with Crippen LogP contribution in [0, 0.1) is 0 Å². The number of benzene rings is 2. The minimum absolute atomic E-state index is 0.0811. The fourth-order valence-corrected chi connectivity index (χ4v) is 4.88. The molecule has 31 heavy (non-hydrogen) atoms. The van der Waals surface area contributed by atoms with E-state index in [1.807, 2.05) is 59.7 Å².